The molecule has 80 heavy (non-hydrogen) atoms. The second kappa shape index (κ2) is 114. The Hall–Kier alpha value is -0.282. The van der Waals surface area contributed by atoms with Crippen molar-refractivity contribution >= 4 is 92.9 Å². The molecule has 0 aromatic heterocycles. The number of alkyl halides is 1. The number of carbonyl (C=O) groups is 3. The molecule has 0 fully saturated rings. The van der Waals surface area contributed by atoms with Crippen molar-refractivity contribution in [1.82, 2.24) is 0 Å². The van der Waals surface area contributed by atoms with E-state index in [0.717, 1.165) is 128 Å². The van der Waals surface area contributed by atoms with Gasteiger partial charge < -0.3 is 27.5 Å². The number of ether oxygens (including phenoxy) is 1. The molecule has 0 spiro atoms. The Morgan fingerprint density at radius 3 is 1.27 bits per heavy atom. The van der Waals surface area contributed by atoms with E-state index in [1.165, 1.54) is 77.0 Å². The maximum atomic E-state index is 11.1. The van der Waals surface area contributed by atoms with Gasteiger partial charge in [-0.05, 0) is 143 Å². The van der Waals surface area contributed by atoms with Gasteiger partial charge in [-0.25, -0.2) is 5.34 Å². The van der Waals surface area contributed by atoms with Crippen LogP contribution in [0.3, 0.4) is 0 Å². The van der Waals surface area contributed by atoms with E-state index in [2.05, 4.69) is 168 Å². The van der Waals surface area contributed by atoms with Crippen molar-refractivity contribution in [3.8, 4) is 59.2 Å². The maximum absolute atomic E-state index is 11.1. The number of halogens is 4. The van der Waals surface area contributed by atoms with Crippen LogP contribution in [0.2, 0.25) is 0 Å². The first-order chi connectivity index (χ1) is 40.5. The number of carboxylic acid groups (broad SMARTS) is 1. The van der Waals surface area contributed by atoms with Gasteiger partial charge in [-0.1, -0.05) is 215 Å². The molecule has 0 aliphatic rings. The normalized spacial score (nSPS) is 12.0. The van der Waals surface area contributed by atoms with E-state index in [-0.39, 0.29) is 76.5 Å². The van der Waals surface area contributed by atoms with Crippen molar-refractivity contribution in [3.05, 3.63) is 31.7 Å². The molecule has 7 nitrogen and oxygen atoms in total. The molecule has 0 aliphatic carbocycles. The fourth-order valence-corrected chi connectivity index (χ4v) is 5.88. The van der Waals surface area contributed by atoms with E-state index < -0.39 is 32.5 Å². The third-order valence-corrected chi connectivity index (χ3v) is 9.90. The second-order valence-electron chi connectivity index (χ2n) is 16.8. The Labute approximate surface area is 574 Å². The third-order valence-electron chi connectivity index (χ3n) is 9.67. The molecule has 0 aromatic rings. The number of aliphatic hydroxyl groups excluding tert-OH is 2. The van der Waals surface area contributed by atoms with E-state index in [1.54, 1.807) is 6.92 Å². The molecule has 0 rings (SSSR count). The van der Waals surface area contributed by atoms with Gasteiger partial charge in [-0.15, -0.1) is 23.7 Å². The molecular formula is C65H116BBr4NaNiO7P-. The molecular weight excluding hydrogens is 1340 g/mol. The summed E-state index contributed by atoms with van der Waals surface area (Å²) < 4.78 is 57.9. The van der Waals surface area contributed by atoms with Gasteiger partial charge in [-0.3, -0.25) is 14.4 Å². The molecule has 3 N–H and O–H groups in total. The number of hydrogen-bond acceptors (Lipinski definition) is 6. The first-order valence-electron chi connectivity index (χ1n) is 33.0. The number of rotatable bonds is 34. The predicted octanol–water partition coefficient (Wildman–Crippen LogP) is 16.8. The molecule has 0 bridgehead atoms. The third kappa shape index (κ3) is 153. The quantitative estimate of drug-likeness (QED) is 0.00675. The van der Waals surface area contributed by atoms with Gasteiger partial charge in [0.05, 0.1) is 22.4 Å². The van der Waals surface area contributed by atoms with E-state index >= 15 is 0 Å². The molecule has 4 atom stereocenters. The summed E-state index contributed by atoms with van der Waals surface area (Å²) in [6, 6.07) is 0. The summed E-state index contributed by atoms with van der Waals surface area (Å²) >= 11 is 12.5. The van der Waals surface area contributed by atoms with Crippen molar-refractivity contribution < 1.29 is 86.0 Å². The summed E-state index contributed by atoms with van der Waals surface area (Å²) in [4.78, 5) is 31.1. The zero-order chi connectivity index (χ0) is 66.3. The molecule has 0 saturated heterocycles. The fraction of sp³-hybridized carbons (Fsp3) is 0.723. The van der Waals surface area contributed by atoms with Crippen LogP contribution in [0.15, 0.2) is 24.3 Å². The number of carbonyl (C=O) groups excluding carboxylic acids is 2. The van der Waals surface area contributed by atoms with E-state index in [4.69, 9.17) is 30.9 Å². The SMILES string of the molecule is BrP(Br)Br.CCCCCC#CC=O.CCO.[2H]C(/C=C\CCCCC)/C=C\CCCCCCCC(=O)O.[2H]C(Br)C#CCCCCC.[2H]C(C#CCCCCC)C#CCCCCCCCC(=O)OCC.[2H]C(O)C#CCCCCC.[2H][B-]([2H])([2H])[2H].[CH3-].[Na+].[Ni]. The summed E-state index contributed by atoms with van der Waals surface area (Å²) in [6.07, 6.45) is 43.8. The van der Waals surface area contributed by atoms with Crippen molar-refractivity contribution in [2.75, 3.05) is 25.1 Å². The smallest absolute Gasteiger partial charge is 0.481 e. The minimum Gasteiger partial charge on any atom is -0.481 e. The zero-order valence-corrected chi connectivity index (χ0v) is 61.7. The number of aldehydes is 1. The minimum absolute atomic E-state index is 0. The number of unbranched alkanes of at least 4 members (excludes halogenated alkanes) is 25. The number of aliphatic hydroxyl groups is 2. The topological polar surface area (TPSA) is 121 Å². The first kappa shape index (κ1) is 83.9. The van der Waals surface area contributed by atoms with Crippen LogP contribution in [0.5, 0.6) is 0 Å². The Bertz CT molecular complexity index is 1770. The average Bonchev–Trinajstić information content (AvgIpc) is 3.42. The molecule has 0 heterocycles. The molecule has 15 heteroatoms. The van der Waals surface area contributed by atoms with Crippen molar-refractivity contribution in [1.29, 1.82) is 5.34 Å². The molecule has 0 amide bonds. The molecule has 0 radical (unpaired) electrons. The predicted molar refractivity (Wildman–Crippen MR) is 367 cm³/mol. The van der Waals surface area contributed by atoms with E-state index in [9.17, 15) is 14.4 Å². The standard InChI is InChI=1S/C20H32O2.C18H32O2.C8H13Br.C8H14O.C8H12O.C2H6O.CH3.BH4.Br3P.Na.Ni/c1-3-5-6-7-8-9-10-11-12-13-14-15-16-17-18-19-20(21)22-4-2;1-2-3-4-5-6-7-8-9-10-11-12-13-14-15-16-17-18(19)20;3*1-2-3-4-5-6-7-8-9;1-2-3;;;1-4(2)3;;/h3-7,10,13-19H2,1-2H3;6-7,9-10H,2-5,8,11-17H2,1H3,(H,19,20);2-5,8H2,1H3;9H,2-5,8H2,1H3;8H,2-5H2,1H3;3H,2H2,1H3;1H3;1H4;;;/q;;;;;;2*-1;;+1;/b;7-6-,10-9-;;;;;;;;;/i10D;3*8D;;;;1D4;;;. The van der Waals surface area contributed by atoms with Gasteiger partial charge >= 0.3 is 41.5 Å². The monoisotopic (exact) mass is 1460 g/mol. The maximum Gasteiger partial charge on any atom is 1.00 e. The van der Waals surface area contributed by atoms with Gasteiger partial charge in [0.15, 0.2) is 6.29 Å². The molecule has 466 valence electrons. The Kier molecular flexibility index (Phi) is 119. The van der Waals surface area contributed by atoms with Crippen molar-refractivity contribution in [2.24, 2.45) is 0 Å². The number of aliphatic carboxylic acids is 1. The summed E-state index contributed by atoms with van der Waals surface area (Å²) in [5, 5.41) is 24.1. The van der Waals surface area contributed by atoms with Crippen LogP contribution in [0.4, 0.5) is 0 Å². The summed E-state index contributed by atoms with van der Waals surface area (Å²) in [5.74, 6) is 27.0. The van der Waals surface area contributed by atoms with Crippen LogP contribution < -0.4 is 29.6 Å². The Morgan fingerprint density at radius 1 is 0.550 bits per heavy atom. The summed E-state index contributed by atoms with van der Waals surface area (Å²) in [7, 11) is -3.00. The van der Waals surface area contributed by atoms with Crippen LogP contribution in [-0.2, 0) is 35.6 Å². The van der Waals surface area contributed by atoms with Crippen molar-refractivity contribution in [3.63, 3.8) is 0 Å². The zero-order valence-electron chi connectivity index (χ0n) is 59.5. The van der Waals surface area contributed by atoms with Gasteiger partial charge in [0.2, 0.25) is 0 Å². The first-order valence-corrected chi connectivity index (χ1v) is 36.7. The Morgan fingerprint density at radius 2 is 0.887 bits per heavy atom. The van der Waals surface area contributed by atoms with Crippen LogP contribution in [-0.4, -0.2) is 72.3 Å². The van der Waals surface area contributed by atoms with Crippen LogP contribution in [0.25, 0.3) is 0 Å². The van der Waals surface area contributed by atoms with Crippen LogP contribution in [0.1, 0.15) is 285 Å². The van der Waals surface area contributed by atoms with E-state index in [1.807, 2.05) is 19.1 Å². The minimum atomic E-state index is -3.00. The average molecular weight is 1460 g/mol. The largest absolute Gasteiger partial charge is 1.00 e. The Balaban J connectivity index is -0.0000000921. The van der Waals surface area contributed by atoms with Crippen LogP contribution in [0, 0.1) is 66.6 Å². The number of allylic oxidation sites excluding steroid dienone is 4. The number of hydrogen-bond donors (Lipinski definition) is 3. The van der Waals surface area contributed by atoms with Crippen molar-refractivity contribution in [2.45, 2.75) is 280 Å². The molecule has 0 aliphatic heterocycles. The second-order valence-corrected chi connectivity index (χ2v) is 32.6. The molecule has 0 aromatic carbocycles. The number of esters is 1. The van der Waals surface area contributed by atoms with E-state index in [0.29, 0.717) is 25.7 Å². The summed E-state index contributed by atoms with van der Waals surface area (Å²) in [6.45, 7) is 13.8. The van der Waals surface area contributed by atoms with Crippen LogP contribution >= 0.6 is 66.4 Å². The van der Waals surface area contributed by atoms with Gasteiger partial charge in [0.1, 0.15) is 10.6 Å². The van der Waals surface area contributed by atoms with Gasteiger partial charge in [-0.2, -0.15) is 0 Å². The fourth-order valence-electron chi connectivity index (χ4n) is 5.72. The van der Waals surface area contributed by atoms with Gasteiger partial charge in [0, 0.05) is 69.4 Å². The molecule has 0 saturated carbocycles. The number of carboxylic acids is 1. The molecule has 4 unspecified atom stereocenters. The summed E-state index contributed by atoms with van der Waals surface area (Å²) in [5.41, 5.74) is 0. The van der Waals surface area contributed by atoms with Gasteiger partial charge in [0.25, 0.3) is 0 Å².